The first-order chi connectivity index (χ1) is 14.3. The Bertz CT molecular complexity index is 958. The van der Waals surface area contributed by atoms with E-state index >= 15 is 0 Å². The van der Waals surface area contributed by atoms with Crippen LogP contribution < -0.4 is 0 Å². The average Bonchev–Trinajstić information content (AvgIpc) is 2.96. The molecule has 3 aliphatic rings. The fraction of sp³-hybridized carbons (Fsp3) is 0.391. The van der Waals surface area contributed by atoms with Crippen molar-refractivity contribution in [3.63, 3.8) is 0 Å². The highest BCUT2D eigenvalue weighted by Gasteiger charge is 2.54. The number of fused-ring (bicyclic) bond motifs is 2. The van der Waals surface area contributed by atoms with Gasteiger partial charge in [-0.3, -0.25) is 9.59 Å². The van der Waals surface area contributed by atoms with Crippen LogP contribution in [0.1, 0.15) is 52.4 Å². The van der Waals surface area contributed by atoms with Crippen LogP contribution in [0.4, 0.5) is 0 Å². The number of carbonyl (C=O) groups excluding carboxylic acids is 3. The zero-order valence-electron chi connectivity index (χ0n) is 17.0. The maximum absolute atomic E-state index is 13.0. The van der Waals surface area contributed by atoms with E-state index in [1.807, 2.05) is 0 Å². The highest BCUT2D eigenvalue weighted by Crippen LogP contribution is 2.44. The molecule has 0 bridgehead atoms. The van der Waals surface area contributed by atoms with Crippen molar-refractivity contribution in [2.24, 2.45) is 0 Å². The molecule has 0 saturated heterocycles. The van der Waals surface area contributed by atoms with Gasteiger partial charge < -0.3 is 14.6 Å². The van der Waals surface area contributed by atoms with E-state index < -0.39 is 23.3 Å². The van der Waals surface area contributed by atoms with Gasteiger partial charge in [-0.15, -0.1) is 0 Å². The lowest BCUT2D eigenvalue weighted by Crippen LogP contribution is -2.41. The number of aliphatic carboxylic acids is 1. The Hall–Kier alpha value is -3.22. The molecule has 0 radical (unpaired) electrons. The van der Waals surface area contributed by atoms with E-state index in [4.69, 9.17) is 14.6 Å². The highest BCUT2D eigenvalue weighted by atomic mass is 16.6. The normalized spacial score (nSPS) is 22.7. The fourth-order valence-electron chi connectivity index (χ4n) is 3.71. The van der Waals surface area contributed by atoms with Crippen molar-refractivity contribution < 1.29 is 33.8 Å². The number of Topliss-reactive ketones (excluding diaryl/α,β-unsaturated/α-hetero) is 2. The van der Waals surface area contributed by atoms with Gasteiger partial charge in [-0.2, -0.15) is 0 Å². The zero-order chi connectivity index (χ0) is 21.9. The predicted octanol–water partition coefficient (Wildman–Crippen LogP) is 3.48. The first kappa shape index (κ1) is 21.5. The molecule has 158 valence electrons. The zero-order valence-corrected chi connectivity index (χ0v) is 17.0. The maximum atomic E-state index is 13.0. The highest BCUT2D eigenvalue weighted by molar-refractivity contribution is 6.24. The monoisotopic (exact) mass is 412 g/mol. The molecule has 0 saturated carbocycles. The number of esters is 1. The molecule has 0 unspecified atom stereocenters. The first-order valence-electron chi connectivity index (χ1n) is 10.1. The van der Waals surface area contributed by atoms with Crippen molar-refractivity contribution in [2.75, 3.05) is 0 Å². The minimum atomic E-state index is -1.56. The number of hydrogen-bond acceptors (Lipinski definition) is 6. The molecule has 0 amide bonds. The van der Waals surface area contributed by atoms with E-state index in [1.165, 1.54) is 25.3 Å². The Labute approximate surface area is 174 Å². The van der Waals surface area contributed by atoms with Crippen LogP contribution in [-0.4, -0.2) is 34.2 Å². The Morgan fingerprint density at radius 2 is 1.87 bits per heavy atom. The molecule has 1 atom stereocenters. The molecule has 0 fully saturated rings. The summed E-state index contributed by atoms with van der Waals surface area (Å²) in [6.45, 7) is 3.58. The second kappa shape index (κ2) is 8.65. The molecule has 1 aliphatic carbocycles. The van der Waals surface area contributed by atoms with E-state index in [9.17, 15) is 19.2 Å². The van der Waals surface area contributed by atoms with Crippen molar-refractivity contribution in [2.45, 2.75) is 58.0 Å². The molecule has 0 aromatic rings. The molecule has 3 rings (SSSR count). The quantitative estimate of drug-likeness (QED) is 0.267. The summed E-state index contributed by atoms with van der Waals surface area (Å²) in [4.78, 5) is 49.0. The summed E-state index contributed by atoms with van der Waals surface area (Å²) in [5.41, 5.74) is -0.742. The SMILES string of the molecule is CCCCCCCC(=O)C1=C2C=C3C=C(/C=C/C(=O)O)OC=C3C(=O)[C@]2(C)OC1=O. The minimum Gasteiger partial charge on any atom is -0.478 e. The van der Waals surface area contributed by atoms with Crippen LogP contribution in [0.25, 0.3) is 0 Å². The van der Waals surface area contributed by atoms with Gasteiger partial charge in [0.05, 0.1) is 5.57 Å². The van der Waals surface area contributed by atoms with Gasteiger partial charge in [-0.1, -0.05) is 32.6 Å². The van der Waals surface area contributed by atoms with Crippen LogP contribution in [0.15, 0.2) is 58.6 Å². The summed E-state index contributed by atoms with van der Waals surface area (Å²) in [6.07, 6.45) is 11.5. The molecule has 0 aromatic carbocycles. The summed E-state index contributed by atoms with van der Waals surface area (Å²) in [6, 6.07) is 0. The predicted molar refractivity (Wildman–Crippen MR) is 107 cm³/mol. The van der Waals surface area contributed by atoms with E-state index in [0.717, 1.165) is 31.8 Å². The van der Waals surface area contributed by atoms with Gasteiger partial charge in [0, 0.05) is 18.1 Å². The number of rotatable bonds is 9. The van der Waals surface area contributed by atoms with Crippen LogP contribution in [-0.2, 0) is 28.7 Å². The first-order valence-corrected chi connectivity index (χ1v) is 10.1. The van der Waals surface area contributed by atoms with E-state index in [0.29, 0.717) is 12.0 Å². The van der Waals surface area contributed by atoms with Crippen molar-refractivity contribution in [3.05, 3.63) is 58.6 Å². The van der Waals surface area contributed by atoms with E-state index in [-0.39, 0.29) is 34.7 Å². The number of carbonyl (C=O) groups is 4. The molecular weight excluding hydrogens is 388 g/mol. The summed E-state index contributed by atoms with van der Waals surface area (Å²) in [7, 11) is 0. The van der Waals surface area contributed by atoms with Gasteiger partial charge in [-0.25, -0.2) is 9.59 Å². The smallest absolute Gasteiger partial charge is 0.343 e. The second-order valence-electron chi connectivity index (χ2n) is 7.60. The van der Waals surface area contributed by atoms with Crippen molar-refractivity contribution in [1.29, 1.82) is 0 Å². The fourth-order valence-corrected chi connectivity index (χ4v) is 3.71. The number of hydrogen-bond donors (Lipinski definition) is 1. The van der Waals surface area contributed by atoms with Crippen LogP contribution in [0, 0.1) is 0 Å². The molecule has 7 nitrogen and oxygen atoms in total. The third-order valence-electron chi connectivity index (χ3n) is 5.36. The van der Waals surface area contributed by atoms with Crippen molar-refractivity contribution in [1.82, 2.24) is 0 Å². The standard InChI is InChI=1S/C23H24O7/c1-3-4-5-6-7-8-18(24)20-17-12-14-11-15(9-10-19(25)26)29-13-16(14)21(27)23(17,2)30-22(20)28/h9-13H,3-8H2,1-2H3,(H,25,26)/b10-9+/t23-/m1/s1. The molecule has 0 aromatic heterocycles. The average molecular weight is 412 g/mol. The van der Waals surface area contributed by atoms with Gasteiger partial charge in [0.1, 0.15) is 17.6 Å². The van der Waals surface area contributed by atoms with E-state index in [2.05, 4.69) is 6.92 Å². The number of ether oxygens (including phenoxy) is 2. The Morgan fingerprint density at radius 1 is 1.13 bits per heavy atom. The Kier molecular flexibility index (Phi) is 6.20. The second-order valence-corrected chi connectivity index (χ2v) is 7.60. The van der Waals surface area contributed by atoms with Gasteiger partial charge in [0.15, 0.2) is 11.4 Å². The van der Waals surface area contributed by atoms with E-state index in [1.54, 1.807) is 6.08 Å². The lowest BCUT2D eigenvalue weighted by molar-refractivity contribution is -0.153. The van der Waals surface area contributed by atoms with Crippen molar-refractivity contribution in [3.8, 4) is 0 Å². The third kappa shape index (κ3) is 4.06. The Morgan fingerprint density at radius 3 is 2.57 bits per heavy atom. The van der Waals surface area contributed by atoms with Crippen LogP contribution in [0.3, 0.4) is 0 Å². The number of carboxylic acid groups (broad SMARTS) is 1. The molecule has 2 aliphatic heterocycles. The lowest BCUT2D eigenvalue weighted by atomic mass is 9.77. The molecule has 2 heterocycles. The van der Waals surface area contributed by atoms with Gasteiger partial charge in [0.2, 0.25) is 5.78 Å². The Balaban J connectivity index is 1.92. The number of carboxylic acids is 1. The molecule has 0 spiro atoms. The van der Waals surface area contributed by atoms with Crippen molar-refractivity contribution >= 4 is 23.5 Å². The van der Waals surface area contributed by atoms with Crippen LogP contribution in [0.2, 0.25) is 0 Å². The summed E-state index contributed by atoms with van der Waals surface area (Å²) in [5, 5.41) is 8.77. The number of ketones is 2. The van der Waals surface area contributed by atoms with Crippen LogP contribution >= 0.6 is 0 Å². The van der Waals surface area contributed by atoms with Crippen LogP contribution in [0.5, 0.6) is 0 Å². The minimum absolute atomic E-state index is 0.0737. The van der Waals surface area contributed by atoms with Gasteiger partial charge >= 0.3 is 11.9 Å². The largest absolute Gasteiger partial charge is 0.478 e. The maximum Gasteiger partial charge on any atom is 0.343 e. The molecule has 1 N–H and O–H groups in total. The molecule has 7 heteroatoms. The lowest BCUT2D eigenvalue weighted by Gasteiger charge is -2.30. The number of unbranched alkanes of at least 4 members (excludes halogenated alkanes) is 4. The van der Waals surface area contributed by atoms with Gasteiger partial charge in [-0.05, 0) is 37.1 Å². The van der Waals surface area contributed by atoms with Gasteiger partial charge in [0.25, 0.3) is 0 Å². The summed E-state index contributed by atoms with van der Waals surface area (Å²) >= 11 is 0. The topological polar surface area (TPSA) is 107 Å². The molecular formula is C23H24O7. The summed E-state index contributed by atoms with van der Waals surface area (Å²) < 4.78 is 10.7. The molecule has 30 heavy (non-hydrogen) atoms. The third-order valence-corrected chi connectivity index (χ3v) is 5.36. The summed E-state index contributed by atoms with van der Waals surface area (Å²) in [5.74, 6) is -2.51. The number of allylic oxidation sites excluding steroid dienone is 3.